The Hall–Kier alpha value is -1.32. The average Bonchev–Trinajstić information content (AvgIpc) is 2.04. The first-order chi connectivity index (χ1) is 5.33. The Kier molecular flexibility index (Phi) is 2.66. The van der Waals surface area contributed by atoms with E-state index in [-0.39, 0.29) is 0 Å². The summed E-state index contributed by atoms with van der Waals surface area (Å²) in [5.41, 5.74) is 0.745. The van der Waals surface area contributed by atoms with Crippen LogP contribution in [0.15, 0.2) is 22.9 Å². The van der Waals surface area contributed by atoms with E-state index in [9.17, 15) is 0 Å². The summed E-state index contributed by atoms with van der Waals surface area (Å²) in [5, 5.41) is 8.13. The van der Waals surface area contributed by atoms with Crippen molar-refractivity contribution in [3.8, 4) is 17.9 Å². The maximum absolute atomic E-state index is 8.13. The number of aromatic nitrogens is 1. The first-order valence-electron chi connectivity index (χ1n) is 2.84. The molecule has 1 rings (SSSR count). The number of hydrogen-bond donors (Lipinski definition) is 0. The van der Waals surface area contributed by atoms with E-state index in [1.807, 2.05) is 0 Å². The zero-order valence-electron chi connectivity index (χ0n) is 5.50. The quantitative estimate of drug-likeness (QED) is 0.479. The van der Waals surface area contributed by atoms with Gasteiger partial charge in [-0.3, -0.25) is 0 Å². The zero-order chi connectivity index (χ0) is 8.10. The summed E-state index contributed by atoms with van der Waals surface area (Å²) < 4.78 is 0.764. The standard InChI is InChI=1S/C8H3BrN2/c9-8-4-3-7(6-11-8)2-1-5-10/h3-4,6H. The van der Waals surface area contributed by atoms with Crippen LogP contribution >= 0.6 is 15.9 Å². The molecule has 0 aliphatic heterocycles. The molecule has 0 saturated carbocycles. The number of pyridine rings is 1. The lowest BCUT2D eigenvalue weighted by atomic mass is 10.3. The molecule has 1 heterocycles. The van der Waals surface area contributed by atoms with Crippen molar-refractivity contribution in [3.63, 3.8) is 0 Å². The molecule has 11 heavy (non-hydrogen) atoms. The van der Waals surface area contributed by atoms with Gasteiger partial charge in [-0.15, -0.1) is 0 Å². The van der Waals surface area contributed by atoms with Crippen LogP contribution in [0, 0.1) is 23.2 Å². The smallest absolute Gasteiger partial charge is 0.152 e. The summed E-state index contributed by atoms with van der Waals surface area (Å²) in [4.78, 5) is 3.94. The molecule has 0 atom stereocenters. The summed E-state index contributed by atoms with van der Waals surface area (Å²) in [7, 11) is 0. The van der Waals surface area contributed by atoms with Gasteiger partial charge in [0.1, 0.15) is 4.60 Å². The molecule has 0 amide bonds. The normalized spacial score (nSPS) is 7.64. The lowest BCUT2D eigenvalue weighted by molar-refractivity contribution is 1.26. The summed E-state index contributed by atoms with van der Waals surface area (Å²) in [6.45, 7) is 0. The fourth-order valence-corrected chi connectivity index (χ4v) is 0.784. The molecule has 3 heteroatoms. The topological polar surface area (TPSA) is 36.7 Å². The van der Waals surface area contributed by atoms with Gasteiger partial charge >= 0.3 is 0 Å². The maximum Gasteiger partial charge on any atom is 0.152 e. The molecule has 1 aromatic heterocycles. The summed E-state index contributed by atoms with van der Waals surface area (Å²) in [5.74, 6) is 4.91. The monoisotopic (exact) mass is 206 g/mol. The Bertz CT molecular complexity index is 337. The number of rotatable bonds is 0. The third-order valence-electron chi connectivity index (χ3n) is 0.990. The Labute approximate surface area is 73.0 Å². The van der Waals surface area contributed by atoms with E-state index in [0.717, 1.165) is 10.2 Å². The number of nitriles is 1. The van der Waals surface area contributed by atoms with Crippen LogP contribution in [-0.2, 0) is 0 Å². The average molecular weight is 207 g/mol. The molecular weight excluding hydrogens is 204 g/mol. The highest BCUT2D eigenvalue weighted by Crippen LogP contribution is 2.04. The summed E-state index contributed by atoms with van der Waals surface area (Å²) in [6.07, 6.45) is 1.61. The fourth-order valence-electron chi connectivity index (χ4n) is 0.550. The van der Waals surface area contributed by atoms with Crippen LogP contribution in [0.3, 0.4) is 0 Å². The van der Waals surface area contributed by atoms with Gasteiger partial charge < -0.3 is 0 Å². The molecular formula is C8H3BrN2. The molecule has 52 valence electrons. The van der Waals surface area contributed by atoms with Crippen LogP contribution in [-0.4, -0.2) is 4.98 Å². The summed E-state index contributed by atoms with van der Waals surface area (Å²) in [6, 6.07) is 5.30. The fraction of sp³-hybridized carbons (Fsp3) is 0. The second-order valence-corrected chi connectivity index (χ2v) is 2.54. The second kappa shape index (κ2) is 3.75. The molecule has 0 unspecified atom stereocenters. The number of nitrogens with zero attached hydrogens (tertiary/aromatic N) is 2. The van der Waals surface area contributed by atoms with E-state index in [0.29, 0.717) is 0 Å². The molecule has 0 bridgehead atoms. The Morgan fingerprint density at radius 3 is 2.82 bits per heavy atom. The van der Waals surface area contributed by atoms with E-state index in [2.05, 4.69) is 32.8 Å². The Morgan fingerprint density at radius 2 is 2.27 bits per heavy atom. The van der Waals surface area contributed by atoms with Gasteiger partial charge in [0, 0.05) is 17.7 Å². The lowest BCUT2D eigenvalue weighted by Crippen LogP contribution is -1.77. The van der Waals surface area contributed by atoms with Crippen molar-refractivity contribution in [2.24, 2.45) is 0 Å². The second-order valence-electron chi connectivity index (χ2n) is 1.73. The summed E-state index contributed by atoms with van der Waals surface area (Å²) >= 11 is 3.19. The van der Waals surface area contributed by atoms with Gasteiger partial charge in [0.25, 0.3) is 0 Å². The van der Waals surface area contributed by atoms with Gasteiger partial charge in [-0.25, -0.2) is 4.98 Å². The van der Waals surface area contributed by atoms with Crippen molar-refractivity contribution in [2.75, 3.05) is 0 Å². The Morgan fingerprint density at radius 1 is 1.45 bits per heavy atom. The van der Waals surface area contributed by atoms with E-state index >= 15 is 0 Å². The third-order valence-corrected chi connectivity index (χ3v) is 1.46. The van der Waals surface area contributed by atoms with E-state index in [4.69, 9.17) is 5.26 Å². The molecule has 0 spiro atoms. The van der Waals surface area contributed by atoms with E-state index in [1.165, 1.54) is 0 Å². The molecule has 2 nitrogen and oxygen atoms in total. The van der Waals surface area contributed by atoms with Crippen LogP contribution < -0.4 is 0 Å². The Balaban J connectivity index is 2.93. The van der Waals surface area contributed by atoms with Gasteiger partial charge in [-0.05, 0) is 34.0 Å². The van der Waals surface area contributed by atoms with Gasteiger partial charge in [0.05, 0.1) is 0 Å². The zero-order valence-corrected chi connectivity index (χ0v) is 7.09. The van der Waals surface area contributed by atoms with Gasteiger partial charge in [-0.2, -0.15) is 5.26 Å². The van der Waals surface area contributed by atoms with E-state index in [1.54, 1.807) is 24.4 Å². The molecule has 0 aliphatic rings. The minimum absolute atomic E-state index is 0.745. The highest BCUT2D eigenvalue weighted by atomic mass is 79.9. The predicted molar refractivity (Wildman–Crippen MR) is 44.4 cm³/mol. The first-order valence-corrected chi connectivity index (χ1v) is 3.64. The highest BCUT2D eigenvalue weighted by Gasteiger charge is 1.86. The maximum atomic E-state index is 8.13. The first kappa shape index (κ1) is 7.78. The highest BCUT2D eigenvalue weighted by molar-refractivity contribution is 9.10. The largest absolute Gasteiger partial charge is 0.248 e. The van der Waals surface area contributed by atoms with E-state index < -0.39 is 0 Å². The lowest BCUT2D eigenvalue weighted by Gasteiger charge is -1.87. The van der Waals surface area contributed by atoms with Crippen LogP contribution in [0.1, 0.15) is 5.56 Å². The van der Waals surface area contributed by atoms with Crippen molar-refractivity contribution in [2.45, 2.75) is 0 Å². The third kappa shape index (κ3) is 2.41. The molecule has 0 N–H and O–H groups in total. The molecule has 0 radical (unpaired) electrons. The molecule has 0 aliphatic carbocycles. The van der Waals surface area contributed by atoms with Crippen LogP contribution in [0.4, 0.5) is 0 Å². The SMILES string of the molecule is N#CC#Cc1ccc(Br)nc1. The minimum Gasteiger partial charge on any atom is -0.248 e. The number of halogens is 1. The number of hydrogen-bond acceptors (Lipinski definition) is 2. The van der Waals surface area contributed by atoms with Crippen molar-refractivity contribution in [1.29, 1.82) is 5.26 Å². The molecule has 0 fully saturated rings. The van der Waals surface area contributed by atoms with Gasteiger partial charge in [0.15, 0.2) is 6.07 Å². The van der Waals surface area contributed by atoms with Crippen LogP contribution in [0.2, 0.25) is 0 Å². The van der Waals surface area contributed by atoms with Crippen molar-refractivity contribution in [1.82, 2.24) is 4.98 Å². The van der Waals surface area contributed by atoms with Crippen LogP contribution in [0.25, 0.3) is 0 Å². The van der Waals surface area contributed by atoms with Gasteiger partial charge in [-0.1, -0.05) is 0 Å². The molecule has 0 saturated heterocycles. The minimum atomic E-state index is 0.745. The van der Waals surface area contributed by atoms with Crippen molar-refractivity contribution < 1.29 is 0 Å². The predicted octanol–water partition coefficient (Wildman–Crippen LogP) is 1.72. The van der Waals surface area contributed by atoms with Crippen LogP contribution in [0.5, 0.6) is 0 Å². The van der Waals surface area contributed by atoms with Crippen molar-refractivity contribution in [3.05, 3.63) is 28.5 Å². The molecule has 1 aromatic rings. The van der Waals surface area contributed by atoms with Gasteiger partial charge in [0.2, 0.25) is 0 Å². The molecule has 0 aromatic carbocycles. The van der Waals surface area contributed by atoms with Crippen molar-refractivity contribution >= 4 is 15.9 Å².